The number of methoxy groups -OCH3 is 2. The van der Waals surface area contributed by atoms with E-state index in [1.807, 2.05) is 43.3 Å². The maximum Gasteiger partial charge on any atom is 0.271 e. The number of benzene rings is 3. The Morgan fingerprint density at radius 1 is 0.885 bits per heavy atom. The third-order valence-electron chi connectivity index (χ3n) is 4.17. The molecular formula is C21H20N2O3. The van der Waals surface area contributed by atoms with E-state index in [-0.39, 0.29) is 5.91 Å². The van der Waals surface area contributed by atoms with Gasteiger partial charge < -0.3 is 9.47 Å². The number of carbonyl (C=O) groups is 1. The number of fused-ring (bicyclic) bond motifs is 1. The molecule has 0 saturated heterocycles. The maximum atomic E-state index is 12.3. The number of hydrogen-bond donors (Lipinski definition) is 1. The Morgan fingerprint density at radius 2 is 1.58 bits per heavy atom. The van der Waals surface area contributed by atoms with Crippen molar-refractivity contribution < 1.29 is 14.3 Å². The zero-order chi connectivity index (χ0) is 18.5. The number of nitrogens with zero attached hydrogens (tertiary/aromatic N) is 1. The second-order valence-electron chi connectivity index (χ2n) is 5.73. The lowest BCUT2D eigenvalue weighted by atomic mass is 10.0. The van der Waals surface area contributed by atoms with Gasteiger partial charge >= 0.3 is 0 Å². The lowest BCUT2D eigenvalue weighted by Gasteiger charge is -2.10. The second kappa shape index (κ2) is 7.70. The van der Waals surface area contributed by atoms with E-state index in [4.69, 9.17) is 9.47 Å². The first-order valence-electron chi connectivity index (χ1n) is 8.19. The summed E-state index contributed by atoms with van der Waals surface area (Å²) in [7, 11) is 3.24. The molecule has 5 nitrogen and oxygen atoms in total. The van der Waals surface area contributed by atoms with Gasteiger partial charge in [-0.2, -0.15) is 5.10 Å². The van der Waals surface area contributed by atoms with Crippen LogP contribution in [-0.4, -0.2) is 25.8 Å². The minimum atomic E-state index is -0.273. The summed E-state index contributed by atoms with van der Waals surface area (Å²) >= 11 is 0. The molecule has 1 N–H and O–H groups in total. The summed E-state index contributed by atoms with van der Waals surface area (Å²) in [4.78, 5) is 12.3. The number of amides is 1. The quantitative estimate of drug-likeness (QED) is 0.560. The highest BCUT2D eigenvalue weighted by Gasteiger charge is 2.09. The molecule has 0 fully saturated rings. The van der Waals surface area contributed by atoms with Gasteiger partial charge in [0.05, 0.1) is 19.9 Å². The second-order valence-corrected chi connectivity index (χ2v) is 5.73. The summed E-state index contributed by atoms with van der Waals surface area (Å²) < 4.78 is 10.5. The van der Waals surface area contributed by atoms with Crippen LogP contribution in [0.5, 0.6) is 11.5 Å². The molecule has 1 amide bonds. The Bertz CT molecular complexity index is 963. The molecule has 0 aliphatic carbocycles. The van der Waals surface area contributed by atoms with Crippen molar-refractivity contribution in [3.63, 3.8) is 0 Å². The Labute approximate surface area is 152 Å². The molecule has 0 unspecified atom stereocenters. The standard InChI is InChI=1S/C21H20N2O3/c1-14(22-23-21(24)15-8-10-16(25-2)11-9-15)17-12-13-20(26-3)19-7-5-4-6-18(17)19/h4-13H,1-3H3,(H,23,24)/b22-14-. The van der Waals surface area contributed by atoms with Crippen molar-refractivity contribution in [3.8, 4) is 11.5 Å². The lowest BCUT2D eigenvalue weighted by Crippen LogP contribution is -2.19. The van der Waals surface area contributed by atoms with Crippen LogP contribution >= 0.6 is 0 Å². The molecule has 3 rings (SSSR count). The van der Waals surface area contributed by atoms with Crippen molar-refractivity contribution >= 4 is 22.4 Å². The Balaban J connectivity index is 1.85. The minimum Gasteiger partial charge on any atom is -0.497 e. The third kappa shape index (κ3) is 3.52. The highest BCUT2D eigenvalue weighted by atomic mass is 16.5. The number of hydrazone groups is 1. The van der Waals surface area contributed by atoms with Crippen LogP contribution in [0, 0.1) is 0 Å². The monoisotopic (exact) mass is 348 g/mol. The summed E-state index contributed by atoms with van der Waals surface area (Å²) in [6.45, 7) is 1.86. The van der Waals surface area contributed by atoms with Gasteiger partial charge in [-0.3, -0.25) is 4.79 Å². The van der Waals surface area contributed by atoms with Crippen molar-refractivity contribution in [2.24, 2.45) is 5.10 Å². The van der Waals surface area contributed by atoms with E-state index >= 15 is 0 Å². The van der Waals surface area contributed by atoms with E-state index in [1.165, 1.54) is 0 Å². The summed E-state index contributed by atoms with van der Waals surface area (Å²) in [5, 5.41) is 6.29. The first-order valence-corrected chi connectivity index (χ1v) is 8.19. The Hall–Kier alpha value is -3.34. The first kappa shape index (κ1) is 17.5. The molecule has 0 atom stereocenters. The Morgan fingerprint density at radius 3 is 2.23 bits per heavy atom. The molecule has 3 aromatic rings. The predicted octanol–water partition coefficient (Wildman–Crippen LogP) is 4.01. The van der Waals surface area contributed by atoms with Crippen LogP contribution in [0.1, 0.15) is 22.8 Å². The van der Waals surface area contributed by atoms with E-state index in [2.05, 4.69) is 10.5 Å². The normalized spacial score (nSPS) is 11.3. The molecule has 0 aliphatic heterocycles. The number of rotatable bonds is 5. The molecule has 3 aromatic carbocycles. The molecule has 0 bridgehead atoms. The van der Waals surface area contributed by atoms with Crippen molar-refractivity contribution in [3.05, 3.63) is 71.8 Å². The average Bonchev–Trinajstić information content (AvgIpc) is 2.71. The predicted molar refractivity (Wildman–Crippen MR) is 103 cm³/mol. The minimum absolute atomic E-state index is 0.273. The zero-order valence-corrected chi connectivity index (χ0v) is 14.9. The van der Waals surface area contributed by atoms with E-state index < -0.39 is 0 Å². The molecule has 0 saturated carbocycles. The molecule has 0 spiro atoms. The van der Waals surface area contributed by atoms with Crippen LogP contribution in [0.25, 0.3) is 10.8 Å². The number of nitrogens with one attached hydrogen (secondary N) is 1. The summed E-state index contributed by atoms with van der Waals surface area (Å²) in [5.74, 6) is 1.23. The molecule has 0 radical (unpaired) electrons. The maximum absolute atomic E-state index is 12.3. The van der Waals surface area contributed by atoms with Crippen LogP contribution in [0.4, 0.5) is 0 Å². The van der Waals surface area contributed by atoms with Crippen molar-refractivity contribution in [2.75, 3.05) is 14.2 Å². The van der Waals surface area contributed by atoms with Crippen molar-refractivity contribution in [1.82, 2.24) is 5.43 Å². The van der Waals surface area contributed by atoms with Gasteiger partial charge in [0.2, 0.25) is 0 Å². The number of carbonyl (C=O) groups excluding carboxylic acids is 1. The SMILES string of the molecule is COc1ccc(C(=O)N/N=C(/C)c2ccc(OC)c3ccccc23)cc1. The van der Waals surface area contributed by atoms with Crippen LogP contribution in [-0.2, 0) is 0 Å². The summed E-state index contributed by atoms with van der Waals surface area (Å²) in [5.41, 5.74) is 4.78. The van der Waals surface area contributed by atoms with Crippen molar-refractivity contribution in [1.29, 1.82) is 0 Å². The molecular weight excluding hydrogens is 328 g/mol. The molecule has 26 heavy (non-hydrogen) atoms. The van der Waals surface area contributed by atoms with Gasteiger partial charge in [-0.25, -0.2) is 5.43 Å². The van der Waals surface area contributed by atoms with Gasteiger partial charge in [-0.15, -0.1) is 0 Å². The topological polar surface area (TPSA) is 59.9 Å². The number of ether oxygens (including phenoxy) is 2. The fourth-order valence-electron chi connectivity index (χ4n) is 2.77. The van der Waals surface area contributed by atoms with Gasteiger partial charge in [0, 0.05) is 16.5 Å². The van der Waals surface area contributed by atoms with E-state index in [0.29, 0.717) is 17.0 Å². The van der Waals surface area contributed by atoms with Crippen LogP contribution < -0.4 is 14.9 Å². The highest BCUT2D eigenvalue weighted by Crippen LogP contribution is 2.28. The van der Waals surface area contributed by atoms with Crippen LogP contribution in [0.2, 0.25) is 0 Å². The highest BCUT2D eigenvalue weighted by molar-refractivity contribution is 6.11. The van der Waals surface area contributed by atoms with Crippen LogP contribution in [0.3, 0.4) is 0 Å². The Kier molecular flexibility index (Phi) is 5.17. The molecule has 0 aliphatic rings. The zero-order valence-electron chi connectivity index (χ0n) is 14.9. The average molecular weight is 348 g/mol. The fraction of sp³-hybridized carbons (Fsp3) is 0.143. The summed E-state index contributed by atoms with van der Waals surface area (Å²) in [6, 6.07) is 18.7. The smallest absolute Gasteiger partial charge is 0.271 e. The van der Waals surface area contributed by atoms with E-state index in [0.717, 1.165) is 22.1 Å². The van der Waals surface area contributed by atoms with Crippen LogP contribution in [0.15, 0.2) is 65.8 Å². The molecule has 0 heterocycles. The lowest BCUT2D eigenvalue weighted by molar-refractivity contribution is 0.0955. The van der Waals surface area contributed by atoms with Gasteiger partial charge in [0.15, 0.2) is 0 Å². The van der Waals surface area contributed by atoms with Crippen molar-refractivity contribution in [2.45, 2.75) is 6.92 Å². The fourth-order valence-corrected chi connectivity index (χ4v) is 2.77. The first-order chi connectivity index (χ1) is 12.6. The third-order valence-corrected chi connectivity index (χ3v) is 4.17. The van der Waals surface area contributed by atoms with Gasteiger partial charge in [0.25, 0.3) is 5.91 Å². The molecule has 5 heteroatoms. The van der Waals surface area contributed by atoms with E-state index in [9.17, 15) is 4.79 Å². The van der Waals surface area contributed by atoms with Gasteiger partial charge in [-0.05, 0) is 48.7 Å². The molecule has 0 aromatic heterocycles. The van der Waals surface area contributed by atoms with Gasteiger partial charge in [0.1, 0.15) is 11.5 Å². The largest absolute Gasteiger partial charge is 0.497 e. The van der Waals surface area contributed by atoms with Gasteiger partial charge in [-0.1, -0.05) is 24.3 Å². The number of hydrogen-bond acceptors (Lipinski definition) is 4. The van der Waals surface area contributed by atoms with E-state index in [1.54, 1.807) is 38.5 Å². The molecule has 132 valence electrons. The summed E-state index contributed by atoms with van der Waals surface area (Å²) in [6.07, 6.45) is 0.